The molecule has 2 N–H and O–H groups in total. The molecular weight excluding hydrogens is 316 g/mol. The van der Waals surface area contributed by atoms with Gasteiger partial charge < -0.3 is 9.73 Å². The number of rotatable bonds is 4. The molecule has 0 spiro atoms. The SMILES string of the molecule is CCNC(=S)N/N=C\c1ccc(-c2nc3ccccc3s2)o1. The first-order chi connectivity index (χ1) is 10.8. The van der Waals surface area contributed by atoms with Crippen LogP contribution < -0.4 is 10.7 Å². The molecule has 0 radical (unpaired) electrons. The molecule has 0 saturated carbocycles. The van der Waals surface area contributed by atoms with E-state index in [1.165, 1.54) is 0 Å². The Morgan fingerprint density at radius 3 is 3.05 bits per heavy atom. The number of para-hydroxylation sites is 1. The van der Waals surface area contributed by atoms with Gasteiger partial charge in [0.15, 0.2) is 15.9 Å². The third kappa shape index (κ3) is 3.32. The van der Waals surface area contributed by atoms with Crippen LogP contribution in [-0.2, 0) is 0 Å². The average molecular weight is 330 g/mol. The van der Waals surface area contributed by atoms with Gasteiger partial charge >= 0.3 is 0 Å². The normalized spacial score (nSPS) is 11.1. The number of thiazole rings is 1. The van der Waals surface area contributed by atoms with Crippen molar-refractivity contribution >= 4 is 45.1 Å². The summed E-state index contributed by atoms with van der Waals surface area (Å²) in [6.45, 7) is 2.72. The lowest BCUT2D eigenvalue weighted by Crippen LogP contribution is -2.31. The molecule has 3 aromatic rings. The maximum absolute atomic E-state index is 5.74. The number of nitrogens with zero attached hydrogens (tertiary/aromatic N) is 2. The van der Waals surface area contributed by atoms with Gasteiger partial charge in [0.25, 0.3) is 0 Å². The van der Waals surface area contributed by atoms with Gasteiger partial charge in [0, 0.05) is 6.54 Å². The molecule has 3 rings (SSSR count). The first-order valence-electron chi connectivity index (χ1n) is 6.79. The van der Waals surface area contributed by atoms with Gasteiger partial charge in [0.2, 0.25) is 0 Å². The Kier molecular flexibility index (Phi) is 4.45. The van der Waals surface area contributed by atoms with E-state index in [9.17, 15) is 0 Å². The second-order valence-corrected chi connectivity index (χ2v) is 5.86. The fourth-order valence-electron chi connectivity index (χ4n) is 1.87. The predicted molar refractivity (Wildman–Crippen MR) is 94.3 cm³/mol. The van der Waals surface area contributed by atoms with E-state index in [0.29, 0.717) is 10.9 Å². The van der Waals surface area contributed by atoms with Crippen LogP contribution in [0.2, 0.25) is 0 Å². The van der Waals surface area contributed by atoms with Gasteiger partial charge in [-0.25, -0.2) is 4.98 Å². The van der Waals surface area contributed by atoms with Crippen molar-refractivity contribution in [1.82, 2.24) is 15.7 Å². The molecular formula is C15H14N4OS2. The minimum atomic E-state index is 0.483. The van der Waals surface area contributed by atoms with Gasteiger partial charge in [-0.1, -0.05) is 12.1 Å². The molecule has 0 bridgehead atoms. The van der Waals surface area contributed by atoms with Crippen LogP contribution >= 0.6 is 23.6 Å². The zero-order chi connectivity index (χ0) is 15.4. The smallest absolute Gasteiger partial charge is 0.186 e. The minimum Gasteiger partial charge on any atom is -0.453 e. The molecule has 22 heavy (non-hydrogen) atoms. The summed E-state index contributed by atoms with van der Waals surface area (Å²) in [6.07, 6.45) is 1.58. The number of benzene rings is 1. The van der Waals surface area contributed by atoms with Gasteiger partial charge in [-0.3, -0.25) is 5.43 Å². The summed E-state index contributed by atoms with van der Waals surface area (Å²) in [6, 6.07) is 11.8. The molecule has 1 aromatic carbocycles. The lowest BCUT2D eigenvalue weighted by molar-refractivity contribution is 0.574. The molecule has 0 aliphatic rings. The molecule has 0 fully saturated rings. The molecule has 112 valence electrons. The fourth-order valence-corrected chi connectivity index (χ4v) is 2.99. The van der Waals surface area contributed by atoms with Crippen molar-refractivity contribution in [3.8, 4) is 10.8 Å². The first kappa shape index (κ1) is 14.7. The Labute approximate surface area is 137 Å². The Balaban J connectivity index is 1.73. The van der Waals surface area contributed by atoms with E-state index in [4.69, 9.17) is 16.6 Å². The van der Waals surface area contributed by atoms with Crippen molar-refractivity contribution < 1.29 is 4.42 Å². The van der Waals surface area contributed by atoms with Crippen LogP contribution in [0.3, 0.4) is 0 Å². The van der Waals surface area contributed by atoms with E-state index < -0.39 is 0 Å². The lowest BCUT2D eigenvalue weighted by Gasteiger charge is -2.01. The largest absolute Gasteiger partial charge is 0.453 e. The van der Waals surface area contributed by atoms with Crippen LogP contribution in [0.25, 0.3) is 21.0 Å². The van der Waals surface area contributed by atoms with Gasteiger partial charge in [-0.05, 0) is 43.4 Å². The van der Waals surface area contributed by atoms with Gasteiger partial charge in [0.05, 0.1) is 16.4 Å². The van der Waals surface area contributed by atoms with Crippen molar-refractivity contribution in [2.75, 3.05) is 6.54 Å². The van der Waals surface area contributed by atoms with Gasteiger partial charge in [-0.15, -0.1) is 11.3 Å². The van der Waals surface area contributed by atoms with E-state index in [1.54, 1.807) is 17.6 Å². The zero-order valence-electron chi connectivity index (χ0n) is 11.9. The quantitative estimate of drug-likeness (QED) is 0.436. The molecule has 0 unspecified atom stereocenters. The van der Waals surface area contributed by atoms with Gasteiger partial charge in [-0.2, -0.15) is 5.10 Å². The minimum absolute atomic E-state index is 0.483. The summed E-state index contributed by atoms with van der Waals surface area (Å²) in [5.41, 5.74) is 3.70. The Hall–Kier alpha value is -2.25. The van der Waals surface area contributed by atoms with E-state index in [1.807, 2.05) is 43.3 Å². The van der Waals surface area contributed by atoms with Crippen LogP contribution in [0.5, 0.6) is 0 Å². The predicted octanol–water partition coefficient (Wildman–Crippen LogP) is 3.37. The molecule has 5 nitrogen and oxygen atoms in total. The zero-order valence-corrected chi connectivity index (χ0v) is 13.5. The van der Waals surface area contributed by atoms with Crippen LogP contribution in [0.1, 0.15) is 12.7 Å². The van der Waals surface area contributed by atoms with E-state index >= 15 is 0 Å². The standard InChI is InChI=1S/C15H14N4OS2/c1-2-16-15(21)19-17-9-10-7-8-12(20-10)14-18-11-5-3-4-6-13(11)22-14/h3-9H,2H2,1H3,(H2,16,19,21)/b17-9-. The van der Waals surface area contributed by atoms with E-state index in [0.717, 1.165) is 27.5 Å². The maximum Gasteiger partial charge on any atom is 0.186 e. The number of hydrogen-bond donors (Lipinski definition) is 2. The number of nitrogens with one attached hydrogen (secondary N) is 2. The Bertz CT molecular complexity index is 789. The number of fused-ring (bicyclic) bond motifs is 1. The highest BCUT2D eigenvalue weighted by Gasteiger charge is 2.09. The summed E-state index contributed by atoms with van der Waals surface area (Å²) in [5, 5.41) is 8.31. The number of hydrogen-bond acceptors (Lipinski definition) is 5. The van der Waals surface area contributed by atoms with Crippen LogP contribution in [-0.4, -0.2) is 22.9 Å². The molecule has 0 amide bonds. The molecule has 0 saturated heterocycles. The molecule has 2 aromatic heterocycles. The second kappa shape index (κ2) is 6.67. The third-order valence-electron chi connectivity index (χ3n) is 2.83. The first-order valence-corrected chi connectivity index (χ1v) is 8.01. The molecule has 0 aliphatic heterocycles. The molecule has 0 atom stereocenters. The van der Waals surface area contributed by atoms with Crippen molar-refractivity contribution in [2.24, 2.45) is 5.10 Å². The second-order valence-electron chi connectivity index (χ2n) is 4.42. The number of hydrazone groups is 1. The van der Waals surface area contributed by atoms with Crippen LogP contribution in [0, 0.1) is 0 Å². The van der Waals surface area contributed by atoms with Crippen molar-refractivity contribution in [1.29, 1.82) is 0 Å². The number of thiocarbonyl (C=S) groups is 1. The maximum atomic E-state index is 5.74. The molecule has 7 heteroatoms. The summed E-state index contributed by atoms with van der Waals surface area (Å²) >= 11 is 6.62. The number of furan rings is 1. The summed E-state index contributed by atoms with van der Waals surface area (Å²) in [4.78, 5) is 4.56. The third-order valence-corrected chi connectivity index (χ3v) is 4.11. The monoisotopic (exact) mass is 330 g/mol. The van der Waals surface area contributed by atoms with E-state index in [-0.39, 0.29) is 0 Å². The highest BCUT2D eigenvalue weighted by molar-refractivity contribution is 7.80. The Morgan fingerprint density at radius 1 is 1.36 bits per heavy atom. The fraction of sp³-hybridized carbons (Fsp3) is 0.133. The molecule has 0 aliphatic carbocycles. The topological polar surface area (TPSA) is 62.5 Å². The highest BCUT2D eigenvalue weighted by atomic mass is 32.1. The van der Waals surface area contributed by atoms with E-state index in [2.05, 4.69) is 20.8 Å². The number of aromatic nitrogens is 1. The Morgan fingerprint density at radius 2 is 2.23 bits per heavy atom. The van der Waals surface area contributed by atoms with Crippen molar-refractivity contribution in [2.45, 2.75) is 6.92 Å². The summed E-state index contributed by atoms with van der Waals surface area (Å²) in [7, 11) is 0. The van der Waals surface area contributed by atoms with Gasteiger partial charge in [0.1, 0.15) is 5.76 Å². The van der Waals surface area contributed by atoms with Crippen molar-refractivity contribution in [3.05, 3.63) is 42.2 Å². The summed E-state index contributed by atoms with van der Waals surface area (Å²) < 4.78 is 6.88. The summed E-state index contributed by atoms with van der Waals surface area (Å²) in [5.74, 6) is 1.37. The molecule has 2 heterocycles. The average Bonchev–Trinajstić information content (AvgIpc) is 3.13. The van der Waals surface area contributed by atoms with Crippen LogP contribution in [0.15, 0.2) is 45.9 Å². The van der Waals surface area contributed by atoms with Crippen molar-refractivity contribution in [3.63, 3.8) is 0 Å². The van der Waals surface area contributed by atoms with Crippen LogP contribution in [0.4, 0.5) is 0 Å². The lowest BCUT2D eigenvalue weighted by atomic mass is 10.3. The highest BCUT2D eigenvalue weighted by Crippen LogP contribution is 2.30.